The van der Waals surface area contributed by atoms with E-state index in [2.05, 4.69) is 5.32 Å². The molecule has 126 valence electrons. The maximum atomic E-state index is 12.9. The van der Waals surface area contributed by atoms with Crippen LogP contribution in [0.25, 0.3) is 0 Å². The number of amides is 2. The third-order valence-electron chi connectivity index (χ3n) is 3.33. The molecule has 0 saturated heterocycles. The van der Waals surface area contributed by atoms with E-state index in [1.807, 2.05) is 5.32 Å². The number of halogens is 3. The summed E-state index contributed by atoms with van der Waals surface area (Å²) < 4.78 is 38.6. The molecule has 4 nitrogen and oxygen atoms in total. The van der Waals surface area contributed by atoms with E-state index in [0.717, 1.165) is 17.7 Å². The Kier molecular flexibility index (Phi) is 5.23. The fraction of sp³-hybridized carbons (Fsp3) is 0.176. The molecule has 0 bridgehead atoms. The number of benzene rings is 2. The number of rotatable bonds is 3. The molecule has 7 heteroatoms. The van der Waals surface area contributed by atoms with Crippen molar-refractivity contribution in [1.29, 1.82) is 0 Å². The number of carbonyl (C=O) groups is 2. The molecule has 1 atom stereocenters. The standard InChI is InChI=1S/C17H15F3N2O2/c1-11(12-7-3-2-4-8-12)21-15(23)16(24)22-14-10-6-5-9-13(14)17(18,19)20/h2-11H,1H3,(H,21,23)(H,22,24). The molecular weight excluding hydrogens is 321 g/mol. The second kappa shape index (κ2) is 7.16. The van der Waals surface area contributed by atoms with Crippen molar-refractivity contribution in [2.45, 2.75) is 19.1 Å². The van der Waals surface area contributed by atoms with Crippen LogP contribution in [0.4, 0.5) is 18.9 Å². The lowest BCUT2D eigenvalue weighted by atomic mass is 10.1. The molecule has 2 N–H and O–H groups in total. The lowest BCUT2D eigenvalue weighted by Gasteiger charge is -2.16. The summed E-state index contributed by atoms with van der Waals surface area (Å²) in [5.74, 6) is -2.17. The fourth-order valence-corrected chi connectivity index (χ4v) is 2.11. The minimum Gasteiger partial charge on any atom is -0.341 e. The van der Waals surface area contributed by atoms with Crippen molar-refractivity contribution < 1.29 is 22.8 Å². The first kappa shape index (κ1) is 17.5. The molecule has 0 aliphatic heterocycles. The van der Waals surface area contributed by atoms with Crippen LogP contribution in [0.1, 0.15) is 24.1 Å². The van der Waals surface area contributed by atoms with E-state index in [9.17, 15) is 22.8 Å². The fourth-order valence-electron chi connectivity index (χ4n) is 2.11. The van der Waals surface area contributed by atoms with E-state index in [0.29, 0.717) is 0 Å². The second-order valence-corrected chi connectivity index (χ2v) is 5.10. The minimum atomic E-state index is -4.63. The summed E-state index contributed by atoms with van der Waals surface area (Å²) >= 11 is 0. The minimum absolute atomic E-state index is 0.456. The van der Waals surface area contributed by atoms with Gasteiger partial charge in [0.05, 0.1) is 17.3 Å². The molecule has 0 aromatic heterocycles. The first-order valence-electron chi connectivity index (χ1n) is 7.12. The van der Waals surface area contributed by atoms with Crippen LogP contribution in [0.2, 0.25) is 0 Å². The quantitative estimate of drug-likeness (QED) is 0.843. The Bertz CT molecular complexity index is 730. The van der Waals surface area contributed by atoms with Gasteiger partial charge < -0.3 is 10.6 Å². The van der Waals surface area contributed by atoms with E-state index >= 15 is 0 Å². The maximum absolute atomic E-state index is 12.9. The van der Waals surface area contributed by atoms with Crippen LogP contribution < -0.4 is 10.6 Å². The van der Waals surface area contributed by atoms with Gasteiger partial charge in [-0.25, -0.2) is 0 Å². The lowest BCUT2D eigenvalue weighted by molar-refractivity contribution is -0.138. The Hall–Kier alpha value is -2.83. The highest BCUT2D eigenvalue weighted by Crippen LogP contribution is 2.34. The molecule has 2 rings (SSSR count). The van der Waals surface area contributed by atoms with Crippen LogP contribution in [0.3, 0.4) is 0 Å². The predicted molar refractivity (Wildman–Crippen MR) is 83.1 cm³/mol. The van der Waals surface area contributed by atoms with Crippen molar-refractivity contribution in [1.82, 2.24) is 5.32 Å². The Morgan fingerprint density at radius 2 is 1.50 bits per heavy atom. The Balaban J connectivity index is 2.07. The van der Waals surface area contributed by atoms with Crippen molar-refractivity contribution in [3.05, 3.63) is 65.7 Å². The number of hydrogen-bond acceptors (Lipinski definition) is 2. The molecule has 0 heterocycles. The van der Waals surface area contributed by atoms with Gasteiger partial charge in [0.15, 0.2) is 0 Å². The van der Waals surface area contributed by atoms with Gasteiger partial charge in [0, 0.05) is 0 Å². The van der Waals surface area contributed by atoms with Gasteiger partial charge in [-0.15, -0.1) is 0 Å². The van der Waals surface area contributed by atoms with Crippen LogP contribution in [-0.4, -0.2) is 11.8 Å². The number of nitrogens with one attached hydrogen (secondary N) is 2. The van der Waals surface area contributed by atoms with Crippen LogP contribution in [0, 0.1) is 0 Å². The molecule has 2 aromatic rings. The van der Waals surface area contributed by atoms with E-state index in [4.69, 9.17) is 0 Å². The molecule has 0 saturated carbocycles. The molecular formula is C17H15F3N2O2. The zero-order valence-corrected chi connectivity index (χ0v) is 12.7. The van der Waals surface area contributed by atoms with Gasteiger partial charge in [0.2, 0.25) is 0 Å². The summed E-state index contributed by atoms with van der Waals surface area (Å²) in [6.45, 7) is 1.67. The number of alkyl halides is 3. The van der Waals surface area contributed by atoms with Crippen LogP contribution >= 0.6 is 0 Å². The summed E-state index contributed by atoms with van der Waals surface area (Å²) in [7, 11) is 0. The highest BCUT2D eigenvalue weighted by atomic mass is 19.4. The number of carbonyl (C=O) groups excluding carboxylic acids is 2. The molecule has 0 aliphatic carbocycles. The Morgan fingerprint density at radius 1 is 0.917 bits per heavy atom. The van der Waals surface area contributed by atoms with Gasteiger partial charge in [-0.05, 0) is 24.6 Å². The average molecular weight is 336 g/mol. The highest BCUT2D eigenvalue weighted by molar-refractivity contribution is 6.39. The summed E-state index contributed by atoms with van der Waals surface area (Å²) in [6.07, 6.45) is -4.63. The van der Waals surface area contributed by atoms with Crippen LogP contribution in [0.5, 0.6) is 0 Å². The van der Waals surface area contributed by atoms with E-state index in [1.54, 1.807) is 37.3 Å². The van der Waals surface area contributed by atoms with E-state index < -0.39 is 35.3 Å². The molecule has 0 fully saturated rings. The third-order valence-corrected chi connectivity index (χ3v) is 3.33. The lowest BCUT2D eigenvalue weighted by Crippen LogP contribution is -2.37. The molecule has 2 amide bonds. The van der Waals surface area contributed by atoms with Gasteiger partial charge in [-0.3, -0.25) is 9.59 Å². The van der Waals surface area contributed by atoms with Crippen molar-refractivity contribution in [2.24, 2.45) is 0 Å². The maximum Gasteiger partial charge on any atom is 0.418 e. The molecule has 0 spiro atoms. The van der Waals surface area contributed by atoms with Gasteiger partial charge in [0.25, 0.3) is 0 Å². The molecule has 0 radical (unpaired) electrons. The van der Waals surface area contributed by atoms with Gasteiger partial charge in [-0.1, -0.05) is 42.5 Å². The number of hydrogen-bond donors (Lipinski definition) is 2. The van der Waals surface area contributed by atoms with Gasteiger partial charge >= 0.3 is 18.0 Å². The van der Waals surface area contributed by atoms with Crippen LogP contribution in [0.15, 0.2) is 54.6 Å². The summed E-state index contributed by atoms with van der Waals surface area (Å²) in [4.78, 5) is 23.8. The van der Waals surface area contributed by atoms with Crippen molar-refractivity contribution in [3.8, 4) is 0 Å². The molecule has 0 aliphatic rings. The summed E-state index contributed by atoms with van der Waals surface area (Å²) in [6, 6.07) is 12.9. The third kappa shape index (κ3) is 4.34. The second-order valence-electron chi connectivity index (χ2n) is 5.10. The number of para-hydroxylation sites is 1. The topological polar surface area (TPSA) is 58.2 Å². The first-order chi connectivity index (χ1) is 11.3. The zero-order valence-electron chi connectivity index (χ0n) is 12.7. The molecule has 24 heavy (non-hydrogen) atoms. The molecule has 2 aromatic carbocycles. The smallest absolute Gasteiger partial charge is 0.341 e. The highest BCUT2D eigenvalue weighted by Gasteiger charge is 2.34. The van der Waals surface area contributed by atoms with Crippen molar-refractivity contribution in [3.63, 3.8) is 0 Å². The molecule has 1 unspecified atom stereocenters. The largest absolute Gasteiger partial charge is 0.418 e. The van der Waals surface area contributed by atoms with Crippen molar-refractivity contribution >= 4 is 17.5 Å². The predicted octanol–water partition coefficient (Wildman–Crippen LogP) is 3.52. The monoisotopic (exact) mass is 336 g/mol. The zero-order chi connectivity index (χ0) is 17.7. The SMILES string of the molecule is CC(NC(=O)C(=O)Nc1ccccc1C(F)(F)F)c1ccccc1. The van der Waals surface area contributed by atoms with Gasteiger partial charge in [0.1, 0.15) is 0 Å². The average Bonchev–Trinajstić information content (AvgIpc) is 2.55. The summed E-state index contributed by atoms with van der Waals surface area (Å²) in [5, 5.41) is 4.44. The Morgan fingerprint density at radius 3 is 2.12 bits per heavy atom. The van der Waals surface area contributed by atoms with E-state index in [1.165, 1.54) is 12.1 Å². The van der Waals surface area contributed by atoms with Crippen LogP contribution in [-0.2, 0) is 15.8 Å². The van der Waals surface area contributed by atoms with E-state index in [-0.39, 0.29) is 0 Å². The first-order valence-corrected chi connectivity index (χ1v) is 7.12. The van der Waals surface area contributed by atoms with Crippen molar-refractivity contribution in [2.75, 3.05) is 5.32 Å². The normalized spacial score (nSPS) is 12.3. The number of anilines is 1. The van der Waals surface area contributed by atoms with Gasteiger partial charge in [-0.2, -0.15) is 13.2 Å². The Labute approximate surface area is 136 Å². The summed E-state index contributed by atoms with van der Waals surface area (Å²) in [5.41, 5.74) is -0.700.